The Bertz CT molecular complexity index is 433. The van der Waals surface area contributed by atoms with Crippen LogP contribution in [0, 0.1) is 5.82 Å². The van der Waals surface area contributed by atoms with Crippen LogP contribution in [0.15, 0.2) is 6.07 Å². The second-order valence-corrected chi connectivity index (χ2v) is 4.97. The van der Waals surface area contributed by atoms with E-state index in [1.54, 1.807) is 0 Å². The van der Waals surface area contributed by atoms with Gasteiger partial charge in [0.2, 0.25) is 0 Å². The van der Waals surface area contributed by atoms with Gasteiger partial charge in [0.1, 0.15) is 0 Å². The van der Waals surface area contributed by atoms with Crippen LogP contribution in [0.2, 0.25) is 5.02 Å². The standard InChI is InChI=1S/C13H17ClFNO2/c1-18-13-11(15)10(14)7-8(12(13)17)6-9-4-2-3-5-16-9/h7,9,16-17H,2-6H2,1H3. The maximum atomic E-state index is 13.6. The summed E-state index contributed by atoms with van der Waals surface area (Å²) in [7, 11) is 1.32. The number of nitrogens with one attached hydrogen (secondary N) is 1. The lowest BCUT2D eigenvalue weighted by molar-refractivity contribution is 0.344. The Labute approximate surface area is 111 Å². The van der Waals surface area contributed by atoms with E-state index in [1.807, 2.05) is 0 Å². The number of methoxy groups -OCH3 is 1. The zero-order chi connectivity index (χ0) is 13.1. The summed E-state index contributed by atoms with van der Waals surface area (Å²) in [6.07, 6.45) is 4.03. The number of benzene rings is 1. The number of hydrogen-bond donors (Lipinski definition) is 2. The Morgan fingerprint density at radius 3 is 2.94 bits per heavy atom. The van der Waals surface area contributed by atoms with Crippen molar-refractivity contribution in [2.24, 2.45) is 0 Å². The van der Waals surface area contributed by atoms with Crippen LogP contribution in [-0.4, -0.2) is 24.8 Å². The highest BCUT2D eigenvalue weighted by Gasteiger charge is 2.21. The molecule has 100 valence electrons. The zero-order valence-corrected chi connectivity index (χ0v) is 11.1. The smallest absolute Gasteiger partial charge is 0.198 e. The summed E-state index contributed by atoms with van der Waals surface area (Å²) in [6.45, 7) is 0.984. The maximum Gasteiger partial charge on any atom is 0.198 e. The van der Waals surface area contributed by atoms with Crippen LogP contribution in [-0.2, 0) is 6.42 Å². The van der Waals surface area contributed by atoms with Crippen LogP contribution in [0.4, 0.5) is 4.39 Å². The molecular formula is C13H17ClFNO2. The van der Waals surface area contributed by atoms with E-state index in [0.717, 1.165) is 13.0 Å². The highest BCUT2D eigenvalue weighted by molar-refractivity contribution is 6.31. The zero-order valence-electron chi connectivity index (χ0n) is 10.3. The minimum atomic E-state index is -0.711. The molecule has 1 aliphatic rings. The van der Waals surface area contributed by atoms with E-state index in [1.165, 1.54) is 26.0 Å². The maximum absolute atomic E-state index is 13.6. The summed E-state index contributed by atoms with van der Waals surface area (Å²) in [5.74, 6) is -1.03. The Balaban J connectivity index is 2.24. The van der Waals surface area contributed by atoms with Gasteiger partial charge in [-0.1, -0.05) is 18.0 Å². The number of rotatable bonds is 3. The molecule has 1 aromatic carbocycles. The molecule has 0 saturated carbocycles. The van der Waals surface area contributed by atoms with Crippen molar-refractivity contribution in [1.29, 1.82) is 0 Å². The van der Waals surface area contributed by atoms with Crippen molar-refractivity contribution in [3.05, 3.63) is 22.5 Å². The van der Waals surface area contributed by atoms with Crippen molar-refractivity contribution in [3.8, 4) is 11.5 Å². The lowest BCUT2D eigenvalue weighted by Crippen LogP contribution is -2.35. The summed E-state index contributed by atoms with van der Waals surface area (Å²) in [6, 6.07) is 1.78. The van der Waals surface area contributed by atoms with E-state index in [4.69, 9.17) is 16.3 Å². The molecule has 5 heteroatoms. The Hall–Kier alpha value is -1.00. The third kappa shape index (κ3) is 2.70. The third-order valence-corrected chi connectivity index (χ3v) is 3.59. The number of ether oxygens (including phenoxy) is 1. The van der Waals surface area contributed by atoms with Gasteiger partial charge in [0, 0.05) is 11.6 Å². The number of phenolic OH excluding ortho intramolecular Hbond substituents is 1. The highest BCUT2D eigenvalue weighted by Crippen LogP contribution is 2.38. The predicted octanol–water partition coefficient (Wildman–Crippen LogP) is 2.88. The molecule has 1 heterocycles. The molecule has 1 fully saturated rings. The molecule has 0 bridgehead atoms. The lowest BCUT2D eigenvalue weighted by Gasteiger charge is -2.24. The minimum Gasteiger partial charge on any atom is -0.504 e. The Morgan fingerprint density at radius 2 is 2.33 bits per heavy atom. The topological polar surface area (TPSA) is 41.5 Å². The van der Waals surface area contributed by atoms with E-state index in [2.05, 4.69) is 5.32 Å². The molecule has 0 radical (unpaired) electrons. The Kier molecular flexibility index (Phi) is 4.30. The molecule has 0 amide bonds. The molecule has 1 atom stereocenters. The number of piperidine rings is 1. The van der Waals surface area contributed by atoms with Gasteiger partial charge in [0.15, 0.2) is 17.3 Å². The van der Waals surface area contributed by atoms with Crippen molar-refractivity contribution in [3.63, 3.8) is 0 Å². The number of aromatic hydroxyl groups is 1. The van der Waals surface area contributed by atoms with Crippen LogP contribution >= 0.6 is 11.6 Å². The van der Waals surface area contributed by atoms with Crippen LogP contribution in [0.1, 0.15) is 24.8 Å². The molecule has 0 aliphatic carbocycles. The summed E-state index contributed by atoms with van der Waals surface area (Å²) in [5, 5.41) is 13.3. The molecule has 1 aromatic rings. The van der Waals surface area contributed by atoms with Crippen LogP contribution < -0.4 is 10.1 Å². The first-order valence-electron chi connectivity index (χ1n) is 6.10. The molecule has 1 unspecified atom stereocenters. The molecule has 1 aliphatic heterocycles. The summed E-state index contributed by atoms with van der Waals surface area (Å²) < 4.78 is 18.4. The molecular weight excluding hydrogens is 257 g/mol. The van der Waals surface area contributed by atoms with E-state index in [0.29, 0.717) is 18.0 Å². The van der Waals surface area contributed by atoms with E-state index >= 15 is 0 Å². The SMILES string of the molecule is COc1c(O)c(CC2CCCCN2)cc(Cl)c1F. The minimum absolute atomic E-state index is 0.0181. The quantitative estimate of drug-likeness (QED) is 0.890. The van der Waals surface area contributed by atoms with Gasteiger partial charge in [0.05, 0.1) is 12.1 Å². The first-order valence-corrected chi connectivity index (χ1v) is 6.48. The first kappa shape index (κ1) is 13.4. The predicted molar refractivity (Wildman–Crippen MR) is 69.0 cm³/mol. The fraction of sp³-hybridized carbons (Fsp3) is 0.538. The fourth-order valence-corrected chi connectivity index (χ4v) is 2.57. The molecule has 0 spiro atoms. The van der Waals surface area contributed by atoms with E-state index < -0.39 is 5.82 Å². The normalized spacial score (nSPS) is 19.8. The van der Waals surface area contributed by atoms with Gasteiger partial charge < -0.3 is 15.2 Å². The summed E-state index contributed by atoms with van der Waals surface area (Å²) in [4.78, 5) is 0. The summed E-state index contributed by atoms with van der Waals surface area (Å²) >= 11 is 5.80. The van der Waals surface area contributed by atoms with Crippen molar-refractivity contribution in [2.45, 2.75) is 31.7 Å². The largest absolute Gasteiger partial charge is 0.504 e. The fourth-order valence-electron chi connectivity index (χ4n) is 2.35. The second kappa shape index (κ2) is 5.76. The molecule has 1 saturated heterocycles. The number of hydrogen-bond acceptors (Lipinski definition) is 3. The molecule has 3 nitrogen and oxygen atoms in total. The molecule has 2 rings (SSSR count). The number of phenols is 1. The second-order valence-electron chi connectivity index (χ2n) is 4.56. The van der Waals surface area contributed by atoms with E-state index in [-0.39, 0.29) is 16.5 Å². The molecule has 18 heavy (non-hydrogen) atoms. The van der Waals surface area contributed by atoms with Crippen molar-refractivity contribution >= 4 is 11.6 Å². The van der Waals surface area contributed by atoms with Gasteiger partial charge in [-0.05, 0) is 31.9 Å². The van der Waals surface area contributed by atoms with Gasteiger partial charge in [-0.3, -0.25) is 0 Å². The molecule has 2 N–H and O–H groups in total. The lowest BCUT2D eigenvalue weighted by atomic mass is 9.97. The van der Waals surface area contributed by atoms with Crippen LogP contribution in [0.3, 0.4) is 0 Å². The average Bonchev–Trinajstić information content (AvgIpc) is 2.38. The monoisotopic (exact) mass is 273 g/mol. The van der Waals surface area contributed by atoms with Crippen LogP contribution in [0.5, 0.6) is 11.5 Å². The third-order valence-electron chi connectivity index (χ3n) is 3.31. The summed E-state index contributed by atoms with van der Waals surface area (Å²) in [5.41, 5.74) is 0.623. The highest BCUT2D eigenvalue weighted by atomic mass is 35.5. The average molecular weight is 274 g/mol. The van der Waals surface area contributed by atoms with Crippen molar-refractivity contribution in [1.82, 2.24) is 5.32 Å². The number of halogens is 2. The molecule has 0 aromatic heterocycles. The van der Waals surface area contributed by atoms with Gasteiger partial charge >= 0.3 is 0 Å². The van der Waals surface area contributed by atoms with Gasteiger partial charge in [-0.15, -0.1) is 0 Å². The van der Waals surface area contributed by atoms with Crippen molar-refractivity contribution < 1.29 is 14.2 Å². The van der Waals surface area contributed by atoms with Crippen LogP contribution in [0.25, 0.3) is 0 Å². The van der Waals surface area contributed by atoms with Gasteiger partial charge in [-0.25, -0.2) is 4.39 Å². The van der Waals surface area contributed by atoms with Crippen molar-refractivity contribution in [2.75, 3.05) is 13.7 Å². The van der Waals surface area contributed by atoms with E-state index in [9.17, 15) is 9.50 Å². The van der Waals surface area contributed by atoms with Gasteiger partial charge in [0.25, 0.3) is 0 Å². The van der Waals surface area contributed by atoms with Gasteiger partial charge in [-0.2, -0.15) is 0 Å². The Morgan fingerprint density at radius 1 is 1.56 bits per heavy atom. The first-order chi connectivity index (χ1) is 8.63.